The highest BCUT2D eigenvalue weighted by molar-refractivity contribution is 6.31. The average molecular weight is 451 g/mol. The van der Waals surface area contributed by atoms with E-state index in [9.17, 15) is 10.1 Å². The Morgan fingerprint density at radius 3 is 2.55 bits per heavy atom. The number of ether oxygens (including phenoxy) is 1. The second-order valence-corrected chi connectivity index (χ2v) is 7.92. The van der Waals surface area contributed by atoms with Crippen molar-refractivity contribution in [1.29, 1.82) is 5.26 Å². The van der Waals surface area contributed by atoms with E-state index in [0.29, 0.717) is 33.7 Å². The van der Waals surface area contributed by atoms with Gasteiger partial charge in [-0.25, -0.2) is 0 Å². The van der Waals surface area contributed by atoms with Crippen LogP contribution in [-0.4, -0.2) is 5.91 Å². The zero-order valence-corrected chi connectivity index (χ0v) is 18.6. The molecule has 0 atom stereocenters. The lowest BCUT2D eigenvalue weighted by Gasteiger charge is -2.11. The van der Waals surface area contributed by atoms with Crippen molar-refractivity contribution in [3.05, 3.63) is 98.5 Å². The summed E-state index contributed by atoms with van der Waals surface area (Å²) in [6.07, 6.45) is 1.46. The number of amides is 1. The molecule has 0 aliphatic heterocycles. The topological polar surface area (TPSA) is 62.1 Å². The summed E-state index contributed by atoms with van der Waals surface area (Å²) in [4.78, 5) is 12.7. The summed E-state index contributed by atoms with van der Waals surface area (Å²) in [7, 11) is 0. The van der Waals surface area contributed by atoms with Crippen molar-refractivity contribution in [3.8, 4) is 11.8 Å². The zero-order chi connectivity index (χ0) is 22.4. The lowest BCUT2D eigenvalue weighted by Crippen LogP contribution is -2.14. The van der Waals surface area contributed by atoms with E-state index in [2.05, 4.69) is 5.32 Å². The van der Waals surface area contributed by atoms with Gasteiger partial charge in [0.25, 0.3) is 5.91 Å². The van der Waals surface area contributed by atoms with Gasteiger partial charge in [0.05, 0.1) is 0 Å². The number of rotatable bonds is 6. The number of anilines is 1. The lowest BCUT2D eigenvalue weighted by molar-refractivity contribution is -0.112. The number of hydrogen-bond donors (Lipinski definition) is 1. The first-order valence-electron chi connectivity index (χ1n) is 9.53. The van der Waals surface area contributed by atoms with Crippen molar-refractivity contribution in [2.75, 3.05) is 5.32 Å². The summed E-state index contributed by atoms with van der Waals surface area (Å²) < 4.78 is 5.95. The molecule has 0 unspecified atom stereocenters. The number of carbonyl (C=O) groups is 1. The van der Waals surface area contributed by atoms with Crippen LogP contribution in [0.5, 0.6) is 5.75 Å². The maximum Gasteiger partial charge on any atom is 0.266 e. The number of nitriles is 1. The van der Waals surface area contributed by atoms with Gasteiger partial charge in [0.15, 0.2) is 0 Å². The normalized spacial score (nSPS) is 11.0. The molecule has 1 N–H and O–H groups in total. The van der Waals surface area contributed by atoms with E-state index in [1.807, 2.05) is 44.2 Å². The van der Waals surface area contributed by atoms with Crippen LogP contribution >= 0.6 is 23.2 Å². The number of aryl methyl sites for hydroxylation is 2. The Labute approximate surface area is 191 Å². The first-order chi connectivity index (χ1) is 14.9. The van der Waals surface area contributed by atoms with Gasteiger partial charge in [-0.05, 0) is 61.4 Å². The van der Waals surface area contributed by atoms with Gasteiger partial charge in [0.2, 0.25) is 0 Å². The third-order valence-corrected chi connectivity index (χ3v) is 5.03. The average Bonchev–Trinajstić information content (AvgIpc) is 2.74. The molecule has 3 aromatic carbocycles. The third-order valence-electron chi connectivity index (χ3n) is 4.56. The Kier molecular flexibility index (Phi) is 7.36. The zero-order valence-electron chi connectivity index (χ0n) is 17.1. The Bertz CT molecular complexity index is 1200. The van der Waals surface area contributed by atoms with Crippen LogP contribution in [-0.2, 0) is 11.4 Å². The van der Waals surface area contributed by atoms with Crippen molar-refractivity contribution < 1.29 is 9.53 Å². The molecule has 0 aliphatic carbocycles. The summed E-state index contributed by atoms with van der Waals surface area (Å²) >= 11 is 12.2. The lowest BCUT2D eigenvalue weighted by atomic mass is 10.1. The molecular weight excluding hydrogens is 431 g/mol. The largest absolute Gasteiger partial charge is 0.488 e. The van der Waals surface area contributed by atoms with Crippen molar-refractivity contribution in [2.45, 2.75) is 20.5 Å². The molecule has 0 fully saturated rings. The Balaban J connectivity index is 1.85. The van der Waals surface area contributed by atoms with E-state index in [1.165, 1.54) is 6.08 Å². The highest BCUT2D eigenvalue weighted by atomic mass is 35.5. The standard InChI is InChI=1S/C25H20Cl2N2O2/c1-16-4-3-5-18(10-16)15-31-24-9-8-21(26)12-19(24)11-20(14-28)25(30)29-23-13-22(27)7-6-17(23)2/h3-13H,15H2,1-2H3,(H,29,30)/b20-11+. The molecule has 0 aliphatic rings. The van der Waals surface area contributed by atoms with Crippen molar-refractivity contribution in [1.82, 2.24) is 0 Å². The van der Waals surface area contributed by atoms with Crippen molar-refractivity contribution >= 4 is 40.9 Å². The van der Waals surface area contributed by atoms with Gasteiger partial charge in [-0.15, -0.1) is 0 Å². The summed E-state index contributed by atoms with van der Waals surface area (Å²) in [5, 5.41) is 13.3. The quantitative estimate of drug-likeness (QED) is 0.334. The minimum Gasteiger partial charge on any atom is -0.488 e. The monoisotopic (exact) mass is 450 g/mol. The molecule has 0 saturated carbocycles. The molecule has 0 bridgehead atoms. The van der Waals surface area contributed by atoms with Gasteiger partial charge < -0.3 is 10.1 Å². The van der Waals surface area contributed by atoms with E-state index < -0.39 is 5.91 Å². The van der Waals surface area contributed by atoms with Crippen LogP contribution in [0, 0.1) is 25.2 Å². The molecular formula is C25H20Cl2N2O2. The Morgan fingerprint density at radius 2 is 1.81 bits per heavy atom. The SMILES string of the molecule is Cc1cccc(COc2ccc(Cl)cc2/C=C(\C#N)C(=O)Nc2cc(Cl)ccc2C)c1. The summed E-state index contributed by atoms with van der Waals surface area (Å²) in [6.45, 7) is 4.20. The van der Waals surface area contributed by atoms with Crippen molar-refractivity contribution in [2.24, 2.45) is 0 Å². The van der Waals surface area contributed by atoms with E-state index in [4.69, 9.17) is 27.9 Å². The molecule has 31 heavy (non-hydrogen) atoms. The molecule has 3 aromatic rings. The van der Waals surface area contributed by atoms with Crippen LogP contribution < -0.4 is 10.1 Å². The number of hydrogen-bond acceptors (Lipinski definition) is 3. The van der Waals surface area contributed by atoms with E-state index >= 15 is 0 Å². The van der Waals surface area contributed by atoms with Crippen LogP contribution in [0.2, 0.25) is 10.0 Å². The number of nitrogens with one attached hydrogen (secondary N) is 1. The summed E-state index contributed by atoms with van der Waals surface area (Å²) in [5.74, 6) is -0.0251. The highest BCUT2D eigenvalue weighted by Gasteiger charge is 2.13. The maximum atomic E-state index is 12.7. The molecule has 6 heteroatoms. The van der Waals surface area contributed by atoms with Crippen LogP contribution in [0.25, 0.3) is 6.08 Å². The molecule has 0 saturated heterocycles. The molecule has 0 radical (unpaired) electrons. The summed E-state index contributed by atoms with van der Waals surface area (Å²) in [5.41, 5.74) is 3.98. The number of nitrogens with zero attached hydrogens (tertiary/aromatic N) is 1. The number of carbonyl (C=O) groups excluding carboxylic acids is 1. The first kappa shape index (κ1) is 22.4. The van der Waals surface area contributed by atoms with Gasteiger partial charge >= 0.3 is 0 Å². The van der Waals surface area contributed by atoms with Gasteiger partial charge in [0.1, 0.15) is 24.0 Å². The minimum atomic E-state index is -0.544. The molecule has 0 aromatic heterocycles. The third kappa shape index (κ3) is 6.11. The molecule has 4 nitrogen and oxygen atoms in total. The fourth-order valence-corrected chi connectivity index (χ4v) is 3.30. The van der Waals surface area contributed by atoms with E-state index in [-0.39, 0.29) is 5.57 Å². The Hall–Kier alpha value is -3.26. The van der Waals surface area contributed by atoms with Crippen LogP contribution in [0.1, 0.15) is 22.3 Å². The van der Waals surface area contributed by atoms with Crippen LogP contribution in [0.4, 0.5) is 5.69 Å². The number of benzene rings is 3. The molecule has 0 heterocycles. The van der Waals surface area contributed by atoms with E-state index in [1.54, 1.807) is 36.4 Å². The van der Waals surface area contributed by atoms with Gasteiger partial charge in [-0.3, -0.25) is 4.79 Å². The van der Waals surface area contributed by atoms with Gasteiger partial charge in [0, 0.05) is 21.3 Å². The fraction of sp³-hybridized carbons (Fsp3) is 0.120. The molecule has 0 spiro atoms. The maximum absolute atomic E-state index is 12.7. The van der Waals surface area contributed by atoms with Gasteiger partial charge in [-0.2, -0.15) is 5.26 Å². The number of halogens is 2. The first-order valence-corrected chi connectivity index (χ1v) is 10.3. The van der Waals surface area contributed by atoms with Crippen molar-refractivity contribution in [3.63, 3.8) is 0 Å². The van der Waals surface area contributed by atoms with Gasteiger partial charge in [-0.1, -0.05) is 59.1 Å². The van der Waals surface area contributed by atoms with E-state index in [0.717, 1.165) is 16.7 Å². The fourth-order valence-electron chi connectivity index (χ4n) is 2.95. The predicted molar refractivity (Wildman–Crippen MR) is 125 cm³/mol. The summed E-state index contributed by atoms with van der Waals surface area (Å²) in [6, 6.07) is 20.2. The molecule has 1 amide bonds. The smallest absolute Gasteiger partial charge is 0.266 e. The van der Waals surface area contributed by atoms with Crippen LogP contribution in [0.3, 0.4) is 0 Å². The molecule has 156 valence electrons. The van der Waals surface area contributed by atoms with Crippen LogP contribution in [0.15, 0.2) is 66.2 Å². The predicted octanol–water partition coefficient (Wildman–Crippen LogP) is 6.73. The Morgan fingerprint density at radius 1 is 1.06 bits per heavy atom. The minimum absolute atomic E-state index is 0.0814. The second-order valence-electron chi connectivity index (χ2n) is 7.04. The second kappa shape index (κ2) is 10.2. The highest BCUT2D eigenvalue weighted by Crippen LogP contribution is 2.27. The molecule has 3 rings (SSSR count).